The van der Waals surface area contributed by atoms with E-state index in [1.54, 1.807) is 0 Å². The van der Waals surface area contributed by atoms with Crippen LogP contribution in [0.25, 0.3) is 0 Å². The first-order valence-electron chi connectivity index (χ1n) is 13.1. The van der Waals surface area contributed by atoms with Gasteiger partial charge in [0.15, 0.2) is 0 Å². The summed E-state index contributed by atoms with van der Waals surface area (Å²) in [4.78, 5) is 12.6. The van der Waals surface area contributed by atoms with E-state index < -0.39 is 0 Å². The van der Waals surface area contributed by atoms with Crippen LogP contribution in [0.3, 0.4) is 0 Å². The molecule has 33 heavy (non-hydrogen) atoms. The quantitative estimate of drug-likeness (QED) is 0.145. The Morgan fingerprint density at radius 1 is 0.727 bits per heavy atom. The zero-order valence-corrected chi connectivity index (χ0v) is 21.3. The van der Waals surface area contributed by atoms with Crippen LogP contribution in [0.2, 0.25) is 0 Å². The van der Waals surface area contributed by atoms with E-state index in [4.69, 9.17) is 9.47 Å². The van der Waals surface area contributed by atoms with E-state index in [0.29, 0.717) is 17.2 Å². The van der Waals surface area contributed by atoms with Gasteiger partial charge in [0.1, 0.15) is 5.75 Å². The largest absolute Gasteiger partial charge is 0.423 e. The van der Waals surface area contributed by atoms with Crippen LogP contribution in [0.5, 0.6) is 5.75 Å². The molecule has 0 aliphatic heterocycles. The van der Waals surface area contributed by atoms with Crippen LogP contribution in [0.15, 0.2) is 48.5 Å². The van der Waals surface area contributed by atoms with Gasteiger partial charge in [-0.1, -0.05) is 90.0 Å². The highest BCUT2D eigenvalue weighted by Gasteiger charge is 2.13. The van der Waals surface area contributed by atoms with E-state index in [1.807, 2.05) is 36.4 Å². The van der Waals surface area contributed by atoms with Crippen molar-refractivity contribution in [3.8, 4) is 5.75 Å². The maximum atomic E-state index is 12.6. The summed E-state index contributed by atoms with van der Waals surface area (Å²) < 4.78 is 11.6. The smallest absolute Gasteiger partial charge is 0.343 e. The molecular weight excluding hydrogens is 408 g/mol. The van der Waals surface area contributed by atoms with Crippen LogP contribution in [-0.2, 0) is 4.74 Å². The zero-order valence-electron chi connectivity index (χ0n) is 21.3. The van der Waals surface area contributed by atoms with E-state index in [9.17, 15) is 4.79 Å². The van der Waals surface area contributed by atoms with Gasteiger partial charge in [-0.25, -0.2) is 4.79 Å². The van der Waals surface area contributed by atoms with Gasteiger partial charge in [-0.05, 0) is 67.5 Å². The molecule has 0 amide bonds. The van der Waals surface area contributed by atoms with Gasteiger partial charge in [-0.2, -0.15) is 0 Å². The third-order valence-electron chi connectivity index (χ3n) is 6.34. The molecule has 2 aromatic rings. The maximum Gasteiger partial charge on any atom is 0.343 e. The van der Waals surface area contributed by atoms with E-state index in [-0.39, 0.29) is 12.1 Å². The topological polar surface area (TPSA) is 35.5 Å². The fraction of sp³-hybridized carbons (Fsp3) is 0.567. The summed E-state index contributed by atoms with van der Waals surface area (Å²) in [5.41, 5.74) is 2.98. The molecular formula is C30H44O3. The van der Waals surface area contributed by atoms with Crippen LogP contribution in [0.1, 0.15) is 125 Å². The van der Waals surface area contributed by atoms with Crippen LogP contribution < -0.4 is 4.74 Å². The summed E-state index contributed by atoms with van der Waals surface area (Å²) in [6.45, 7) is 9.55. The molecule has 0 radical (unpaired) electrons. The average molecular weight is 453 g/mol. The summed E-state index contributed by atoms with van der Waals surface area (Å²) in [5.74, 6) is 0.862. The monoisotopic (exact) mass is 452 g/mol. The summed E-state index contributed by atoms with van der Waals surface area (Å²) in [6.07, 6.45) is 12.3. The van der Waals surface area contributed by atoms with E-state index >= 15 is 0 Å². The van der Waals surface area contributed by atoms with Gasteiger partial charge in [0.2, 0.25) is 0 Å². The van der Waals surface area contributed by atoms with Gasteiger partial charge in [0.25, 0.3) is 0 Å². The number of benzene rings is 2. The predicted octanol–water partition coefficient (Wildman–Crippen LogP) is 9.03. The minimum Gasteiger partial charge on any atom is -0.423 e. The first-order chi connectivity index (χ1) is 16.1. The number of ether oxygens (including phenoxy) is 2. The van der Waals surface area contributed by atoms with Crippen LogP contribution in [-0.4, -0.2) is 12.6 Å². The third-order valence-corrected chi connectivity index (χ3v) is 6.34. The molecule has 0 bridgehead atoms. The maximum absolute atomic E-state index is 12.6. The van der Waals surface area contributed by atoms with Crippen LogP contribution in [0, 0.1) is 0 Å². The summed E-state index contributed by atoms with van der Waals surface area (Å²) in [7, 11) is 0. The lowest BCUT2D eigenvalue weighted by molar-refractivity contribution is 0.0626. The van der Waals surface area contributed by atoms with Crippen molar-refractivity contribution in [3.63, 3.8) is 0 Å². The van der Waals surface area contributed by atoms with E-state index in [2.05, 4.69) is 39.8 Å². The fourth-order valence-corrected chi connectivity index (χ4v) is 4.20. The predicted molar refractivity (Wildman–Crippen MR) is 138 cm³/mol. The van der Waals surface area contributed by atoms with Crippen molar-refractivity contribution in [1.29, 1.82) is 0 Å². The Morgan fingerprint density at radius 2 is 1.36 bits per heavy atom. The molecule has 2 atom stereocenters. The van der Waals surface area contributed by atoms with Gasteiger partial charge < -0.3 is 9.47 Å². The number of rotatable bonds is 16. The molecule has 0 aromatic heterocycles. The lowest BCUT2D eigenvalue weighted by Gasteiger charge is -2.17. The molecule has 2 unspecified atom stereocenters. The zero-order chi connectivity index (χ0) is 23.9. The first-order valence-corrected chi connectivity index (χ1v) is 13.1. The molecule has 0 fully saturated rings. The summed E-state index contributed by atoms with van der Waals surface area (Å²) in [5, 5.41) is 0. The number of hydrogen-bond donors (Lipinski definition) is 0. The lowest BCUT2D eigenvalue weighted by Crippen LogP contribution is -2.09. The van der Waals surface area contributed by atoms with Gasteiger partial charge in [-0.15, -0.1) is 0 Å². The summed E-state index contributed by atoms with van der Waals surface area (Å²) in [6, 6.07) is 15.7. The number of unbranched alkanes of at least 4 members (excludes halogenated alkanes) is 5. The minimum atomic E-state index is -0.324. The van der Waals surface area contributed by atoms with Crippen molar-refractivity contribution < 1.29 is 14.3 Å². The minimum absolute atomic E-state index is 0.0255. The van der Waals surface area contributed by atoms with Crippen molar-refractivity contribution in [2.24, 2.45) is 0 Å². The molecule has 0 saturated heterocycles. The van der Waals surface area contributed by atoms with Crippen molar-refractivity contribution >= 4 is 5.97 Å². The molecule has 182 valence electrons. The van der Waals surface area contributed by atoms with Gasteiger partial charge in [-0.3, -0.25) is 0 Å². The number of esters is 1. The molecule has 0 heterocycles. The summed E-state index contributed by atoms with van der Waals surface area (Å²) >= 11 is 0. The Hall–Kier alpha value is -2.13. The van der Waals surface area contributed by atoms with Crippen LogP contribution >= 0.6 is 0 Å². The van der Waals surface area contributed by atoms with Crippen molar-refractivity contribution in [3.05, 3.63) is 65.2 Å². The Labute approximate surface area is 201 Å². The second-order valence-electron chi connectivity index (χ2n) is 9.14. The highest BCUT2D eigenvalue weighted by atomic mass is 16.5. The molecule has 3 heteroatoms. The van der Waals surface area contributed by atoms with E-state index in [0.717, 1.165) is 18.6 Å². The molecule has 2 rings (SSSR count). The number of hydrogen-bond acceptors (Lipinski definition) is 3. The second-order valence-corrected chi connectivity index (χ2v) is 9.14. The molecule has 0 spiro atoms. The Balaban J connectivity index is 1.86. The highest BCUT2D eigenvalue weighted by molar-refractivity contribution is 5.91. The number of carbonyl (C=O) groups is 1. The molecule has 3 nitrogen and oxygen atoms in total. The molecule has 0 aliphatic rings. The lowest BCUT2D eigenvalue weighted by atomic mass is 9.90. The van der Waals surface area contributed by atoms with Gasteiger partial charge in [0, 0.05) is 6.61 Å². The Kier molecular flexibility index (Phi) is 12.9. The molecule has 2 aromatic carbocycles. The third kappa shape index (κ3) is 9.71. The SMILES string of the molecule is CCCCCCCOC(C)c1ccc(C(=O)Oc2ccc(C(CCC)CCCC)cc2)cc1. The Morgan fingerprint density at radius 3 is 2.00 bits per heavy atom. The second kappa shape index (κ2) is 15.7. The highest BCUT2D eigenvalue weighted by Crippen LogP contribution is 2.28. The standard InChI is InChI=1S/C30H44O3/c1-5-8-10-11-12-23-32-24(4)25-15-17-28(18-16-25)30(31)33-29-21-19-27(20-22-29)26(13-7-3)14-9-6-2/h15-22,24,26H,5-14,23H2,1-4H3. The number of carbonyl (C=O) groups excluding carboxylic acids is 1. The average Bonchev–Trinajstić information content (AvgIpc) is 2.84. The van der Waals surface area contributed by atoms with E-state index in [1.165, 1.54) is 63.4 Å². The fourth-order valence-electron chi connectivity index (χ4n) is 4.20. The first kappa shape index (κ1) is 27.1. The van der Waals surface area contributed by atoms with Gasteiger partial charge in [0.05, 0.1) is 11.7 Å². The molecule has 0 aliphatic carbocycles. The van der Waals surface area contributed by atoms with Gasteiger partial charge >= 0.3 is 5.97 Å². The molecule has 0 saturated carbocycles. The van der Waals surface area contributed by atoms with Crippen molar-refractivity contribution in [1.82, 2.24) is 0 Å². The van der Waals surface area contributed by atoms with Crippen molar-refractivity contribution in [2.45, 2.75) is 104 Å². The van der Waals surface area contributed by atoms with Crippen LogP contribution in [0.4, 0.5) is 0 Å². The normalized spacial score (nSPS) is 13.0. The molecule has 0 N–H and O–H groups in total. The Bertz CT molecular complexity index is 779. The van der Waals surface area contributed by atoms with Crippen molar-refractivity contribution in [2.75, 3.05) is 6.61 Å².